The minimum atomic E-state index is 0.00450. The van der Waals surface area contributed by atoms with Crippen molar-refractivity contribution in [2.24, 2.45) is 0 Å². The molecule has 0 bridgehead atoms. The molecule has 130 valence electrons. The Morgan fingerprint density at radius 2 is 2.04 bits per heavy atom. The predicted molar refractivity (Wildman–Crippen MR) is 96.2 cm³/mol. The molecule has 1 saturated carbocycles. The Bertz CT molecular complexity index is 709. The number of ether oxygens (including phenoxy) is 2. The lowest BCUT2D eigenvalue weighted by atomic mass is 9.93. The third-order valence-electron chi connectivity index (χ3n) is 4.99. The lowest BCUT2D eigenvalue weighted by Gasteiger charge is -2.33. The SMILES string of the molecule is Clc1cc2c(cn1)c(Br)nn2C1CCC(OC2CCCCO2)CC1. The van der Waals surface area contributed by atoms with Crippen LogP contribution >= 0.6 is 27.5 Å². The van der Waals surface area contributed by atoms with Crippen LogP contribution in [0, 0.1) is 0 Å². The van der Waals surface area contributed by atoms with Crippen molar-refractivity contribution in [3.63, 3.8) is 0 Å². The van der Waals surface area contributed by atoms with E-state index in [1.807, 2.05) is 6.07 Å². The van der Waals surface area contributed by atoms with Crippen LogP contribution in [0.1, 0.15) is 51.0 Å². The highest BCUT2D eigenvalue weighted by molar-refractivity contribution is 9.10. The molecule has 2 aliphatic rings. The summed E-state index contributed by atoms with van der Waals surface area (Å²) in [4.78, 5) is 4.15. The number of nitrogens with zero attached hydrogens (tertiary/aromatic N) is 3. The van der Waals surface area contributed by atoms with Crippen molar-refractivity contribution in [3.05, 3.63) is 22.0 Å². The Morgan fingerprint density at radius 1 is 1.21 bits per heavy atom. The molecule has 4 rings (SSSR count). The van der Waals surface area contributed by atoms with Gasteiger partial charge in [0.05, 0.1) is 23.0 Å². The Balaban J connectivity index is 1.43. The van der Waals surface area contributed by atoms with Crippen LogP contribution in [-0.2, 0) is 9.47 Å². The molecule has 2 aromatic rings. The first kappa shape index (κ1) is 16.8. The molecule has 2 fully saturated rings. The van der Waals surface area contributed by atoms with Crippen molar-refractivity contribution in [2.45, 2.75) is 63.4 Å². The highest BCUT2D eigenvalue weighted by atomic mass is 79.9. The van der Waals surface area contributed by atoms with Gasteiger partial charge in [-0.15, -0.1) is 0 Å². The molecule has 1 aliphatic heterocycles. The van der Waals surface area contributed by atoms with Crippen molar-refractivity contribution in [1.29, 1.82) is 0 Å². The normalized spacial score (nSPS) is 28.3. The van der Waals surface area contributed by atoms with Crippen LogP contribution in [0.15, 0.2) is 16.9 Å². The van der Waals surface area contributed by atoms with Crippen LogP contribution < -0.4 is 0 Å². The molecule has 0 radical (unpaired) electrons. The van der Waals surface area contributed by atoms with Crippen LogP contribution in [-0.4, -0.2) is 33.8 Å². The van der Waals surface area contributed by atoms with E-state index < -0.39 is 0 Å². The zero-order chi connectivity index (χ0) is 16.5. The number of hydrogen-bond donors (Lipinski definition) is 0. The van der Waals surface area contributed by atoms with Crippen molar-refractivity contribution in [1.82, 2.24) is 14.8 Å². The van der Waals surface area contributed by atoms with E-state index in [9.17, 15) is 0 Å². The summed E-state index contributed by atoms with van der Waals surface area (Å²) in [7, 11) is 0. The third kappa shape index (κ3) is 3.47. The summed E-state index contributed by atoms with van der Waals surface area (Å²) in [5, 5.41) is 6.17. The number of pyridine rings is 1. The molecule has 0 spiro atoms. The highest BCUT2D eigenvalue weighted by Gasteiger charge is 2.28. The van der Waals surface area contributed by atoms with Crippen LogP contribution in [0.25, 0.3) is 10.9 Å². The molecule has 5 nitrogen and oxygen atoms in total. The summed E-state index contributed by atoms with van der Waals surface area (Å²) in [6.07, 6.45) is 9.69. The summed E-state index contributed by atoms with van der Waals surface area (Å²) in [6.45, 7) is 0.835. The Hall–Kier alpha value is -0.690. The van der Waals surface area contributed by atoms with Gasteiger partial charge in [0.1, 0.15) is 9.76 Å². The number of rotatable bonds is 3. The quantitative estimate of drug-likeness (QED) is 0.672. The number of halogens is 2. The Kier molecular flexibility index (Phi) is 5.08. The van der Waals surface area contributed by atoms with Crippen molar-refractivity contribution >= 4 is 38.4 Å². The fraction of sp³-hybridized carbons (Fsp3) is 0.647. The van der Waals surface area contributed by atoms with E-state index in [1.54, 1.807) is 6.20 Å². The van der Waals surface area contributed by atoms with Crippen molar-refractivity contribution in [2.75, 3.05) is 6.61 Å². The average Bonchev–Trinajstić information content (AvgIpc) is 2.93. The second kappa shape index (κ2) is 7.28. The minimum absolute atomic E-state index is 0.00450. The van der Waals surface area contributed by atoms with Gasteiger partial charge in [0, 0.05) is 18.9 Å². The average molecular weight is 415 g/mol. The molecule has 0 aromatic carbocycles. The minimum Gasteiger partial charge on any atom is -0.353 e. The number of aromatic nitrogens is 3. The van der Waals surface area contributed by atoms with Crippen LogP contribution in [0.5, 0.6) is 0 Å². The second-order valence-electron chi connectivity index (χ2n) is 6.62. The standard InChI is InChI=1S/C17H21BrClN3O2/c18-17-13-10-20-15(19)9-14(13)22(21-17)11-4-6-12(7-5-11)24-16-3-1-2-8-23-16/h9-12,16H,1-8H2. The largest absolute Gasteiger partial charge is 0.353 e. The first-order chi connectivity index (χ1) is 11.7. The Morgan fingerprint density at radius 3 is 2.79 bits per heavy atom. The van der Waals surface area contributed by atoms with E-state index in [1.165, 1.54) is 6.42 Å². The monoisotopic (exact) mass is 413 g/mol. The van der Waals surface area contributed by atoms with Gasteiger partial charge in [-0.25, -0.2) is 4.98 Å². The molecule has 24 heavy (non-hydrogen) atoms. The maximum absolute atomic E-state index is 6.14. The first-order valence-electron chi connectivity index (χ1n) is 8.67. The zero-order valence-electron chi connectivity index (χ0n) is 13.5. The maximum atomic E-state index is 6.14. The van der Waals surface area contributed by atoms with Crippen molar-refractivity contribution in [3.8, 4) is 0 Å². The summed E-state index contributed by atoms with van der Waals surface area (Å²) >= 11 is 9.60. The van der Waals surface area contributed by atoms with Gasteiger partial charge in [-0.2, -0.15) is 5.10 Å². The maximum Gasteiger partial charge on any atom is 0.157 e. The Labute approximate surface area is 154 Å². The molecule has 1 saturated heterocycles. The molecule has 0 amide bonds. The molecular formula is C17H21BrClN3O2. The van der Waals surface area contributed by atoms with Gasteiger partial charge in [-0.05, 0) is 60.9 Å². The van der Waals surface area contributed by atoms with E-state index in [2.05, 4.69) is 30.7 Å². The molecule has 7 heteroatoms. The summed E-state index contributed by atoms with van der Waals surface area (Å²) < 4.78 is 14.8. The lowest BCUT2D eigenvalue weighted by molar-refractivity contribution is -0.194. The molecular weight excluding hydrogens is 394 g/mol. The van der Waals surface area contributed by atoms with Crippen LogP contribution in [0.3, 0.4) is 0 Å². The smallest absolute Gasteiger partial charge is 0.157 e. The molecule has 1 atom stereocenters. The topological polar surface area (TPSA) is 49.2 Å². The van der Waals surface area contributed by atoms with E-state index in [-0.39, 0.29) is 6.29 Å². The van der Waals surface area contributed by atoms with Gasteiger partial charge in [0.2, 0.25) is 0 Å². The molecule has 3 heterocycles. The molecule has 0 N–H and O–H groups in total. The van der Waals surface area contributed by atoms with E-state index >= 15 is 0 Å². The summed E-state index contributed by atoms with van der Waals surface area (Å²) in [5.41, 5.74) is 1.04. The fourth-order valence-corrected chi connectivity index (χ4v) is 4.34. The second-order valence-corrected chi connectivity index (χ2v) is 7.76. The van der Waals surface area contributed by atoms with Crippen LogP contribution in [0.4, 0.5) is 0 Å². The first-order valence-corrected chi connectivity index (χ1v) is 9.84. The van der Waals surface area contributed by atoms with Gasteiger partial charge in [0.25, 0.3) is 0 Å². The lowest BCUT2D eigenvalue weighted by Crippen LogP contribution is -2.31. The van der Waals surface area contributed by atoms with Gasteiger partial charge in [-0.1, -0.05) is 11.6 Å². The van der Waals surface area contributed by atoms with E-state index in [0.29, 0.717) is 17.3 Å². The molecule has 1 unspecified atom stereocenters. The fourth-order valence-electron chi connectivity index (χ4n) is 3.71. The van der Waals surface area contributed by atoms with Gasteiger partial charge >= 0.3 is 0 Å². The molecule has 2 aromatic heterocycles. The van der Waals surface area contributed by atoms with E-state index in [0.717, 1.165) is 60.6 Å². The summed E-state index contributed by atoms with van der Waals surface area (Å²) in [6, 6.07) is 2.28. The number of hydrogen-bond acceptors (Lipinski definition) is 4. The summed E-state index contributed by atoms with van der Waals surface area (Å²) in [5.74, 6) is 0. The van der Waals surface area contributed by atoms with Crippen molar-refractivity contribution < 1.29 is 9.47 Å². The van der Waals surface area contributed by atoms with Gasteiger partial charge in [0.15, 0.2) is 6.29 Å². The number of fused-ring (bicyclic) bond motifs is 1. The van der Waals surface area contributed by atoms with Crippen LogP contribution in [0.2, 0.25) is 5.15 Å². The zero-order valence-corrected chi connectivity index (χ0v) is 15.8. The van der Waals surface area contributed by atoms with Gasteiger partial charge in [-0.3, -0.25) is 4.68 Å². The predicted octanol–water partition coefficient (Wildman–Crippen LogP) is 4.87. The third-order valence-corrected chi connectivity index (χ3v) is 5.78. The highest BCUT2D eigenvalue weighted by Crippen LogP contribution is 2.35. The van der Waals surface area contributed by atoms with Gasteiger partial charge < -0.3 is 9.47 Å². The molecule has 1 aliphatic carbocycles. The van der Waals surface area contributed by atoms with E-state index in [4.69, 9.17) is 21.1 Å².